The number of aliphatic hydroxyl groups excluding tert-OH is 1. The first-order chi connectivity index (χ1) is 9.69. The van der Waals surface area contributed by atoms with Crippen molar-refractivity contribution in [2.24, 2.45) is 5.92 Å². The van der Waals surface area contributed by atoms with E-state index < -0.39 is 0 Å². The second kappa shape index (κ2) is 7.14. The minimum atomic E-state index is 0.122. The van der Waals surface area contributed by atoms with Crippen LogP contribution in [-0.4, -0.2) is 42.2 Å². The predicted octanol–water partition coefficient (Wildman–Crippen LogP) is 1.27. The largest absolute Gasteiger partial charge is 0.493 e. The fourth-order valence-electron chi connectivity index (χ4n) is 2.34. The summed E-state index contributed by atoms with van der Waals surface area (Å²) in [4.78, 5) is 13.9. The van der Waals surface area contributed by atoms with Gasteiger partial charge in [0.1, 0.15) is 5.75 Å². The summed E-state index contributed by atoms with van der Waals surface area (Å²) in [7, 11) is 0. The highest BCUT2D eigenvalue weighted by Gasteiger charge is 2.21. The molecule has 0 spiro atoms. The number of ether oxygens (including phenoxy) is 1. The average molecular weight is 278 g/mol. The van der Waals surface area contributed by atoms with E-state index in [1.165, 1.54) is 0 Å². The van der Waals surface area contributed by atoms with Crippen molar-refractivity contribution in [3.05, 3.63) is 24.3 Å². The number of hydrogen-bond acceptors (Lipinski definition) is 4. The number of nitrogen functional groups attached to an aromatic ring is 1. The number of carbonyl (C=O) groups is 1. The van der Waals surface area contributed by atoms with Gasteiger partial charge in [-0.05, 0) is 43.0 Å². The summed E-state index contributed by atoms with van der Waals surface area (Å²) in [6.07, 6.45) is 2.16. The predicted molar refractivity (Wildman–Crippen MR) is 77.4 cm³/mol. The van der Waals surface area contributed by atoms with Crippen molar-refractivity contribution in [3.63, 3.8) is 0 Å². The van der Waals surface area contributed by atoms with Crippen molar-refractivity contribution < 1.29 is 14.6 Å². The topological polar surface area (TPSA) is 75.8 Å². The van der Waals surface area contributed by atoms with Crippen LogP contribution in [0.1, 0.15) is 19.3 Å². The zero-order valence-electron chi connectivity index (χ0n) is 11.6. The molecule has 1 aromatic rings. The molecule has 2 rings (SSSR count). The monoisotopic (exact) mass is 278 g/mol. The highest BCUT2D eigenvalue weighted by atomic mass is 16.5. The van der Waals surface area contributed by atoms with Crippen molar-refractivity contribution in [3.8, 4) is 5.75 Å². The molecule has 1 heterocycles. The summed E-state index contributed by atoms with van der Waals surface area (Å²) in [6, 6.07) is 7.15. The van der Waals surface area contributed by atoms with Gasteiger partial charge in [0, 0.05) is 25.4 Å². The van der Waals surface area contributed by atoms with Crippen molar-refractivity contribution in [2.45, 2.75) is 19.3 Å². The molecule has 1 amide bonds. The Kier molecular flexibility index (Phi) is 5.24. The summed E-state index contributed by atoms with van der Waals surface area (Å²) < 4.78 is 5.52. The summed E-state index contributed by atoms with van der Waals surface area (Å²) in [6.45, 7) is 2.09. The second-order valence-electron chi connectivity index (χ2n) is 5.17. The molecule has 0 saturated carbocycles. The lowest BCUT2D eigenvalue weighted by Gasteiger charge is -2.31. The Morgan fingerprint density at radius 2 is 1.95 bits per heavy atom. The number of amides is 1. The number of piperidine rings is 1. The van der Waals surface area contributed by atoms with Crippen molar-refractivity contribution in [2.75, 3.05) is 32.0 Å². The normalized spacial score (nSPS) is 16.1. The van der Waals surface area contributed by atoms with Crippen LogP contribution in [0.3, 0.4) is 0 Å². The van der Waals surface area contributed by atoms with Crippen molar-refractivity contribution in [1.82, 2.24) is 4.90 Å². The number of aliphatic hydroxyl groups is 1. The minimum absolute atomic E-state index is 0.122. The number of rotatable bonds is 5. The molecule has 0 aromatic heterocycles. The van der Waals surface area contributed by atoms with Crippen LogP contribution in [0.4, 0.5) is 5.69 Å². The van der Waals surface area contributed by atoms with Gasteiger partial charge < -0.3 is 20.5 Å². The third-order valence-corrected chi connectivity index (χ3v) is 3.69. The number of hydrogen-bond donors (Lipinski definition) is 2. The molecule has 5 nitrogen and oxygen atoms in total. The average Bonchev–Trinajstić information content (AvgIpc) is 2.49. The van der Waals surface area contributed by atoms with E-state index in [0.29, 0.717) is 24.6 Å². The van der Waals surface area contributed by atoms with Gasteiger partial charge in [-0.25, -0.2) is 0 Å². The van der Waals surface area contributed by atoms with Gasteiger partial charge in [0.15, 0.2) is 0 Å². The number of carbonyl (C=O) groups excluding carboxylic acids is 1. The van der Waals surface area contributed by atoms with E-state index in [-0.39, 0.29) is 12.5 Å². The van der Waals surface area contributed by atoms with Crippen LogP contribution in [0, 0.1) is 5.92 Å². The molecular weight excluding hydrogens is 256 g/mol. The molecular formula is C15H22N2O3. The number of nitrogens with zero attached hydrogens (tertiary/aromatic N) is 1. The van der Waals surface area contributed by atoms with Crippen LogP contribution in [0.25, 0.3) is 0 Å². The quantitative estimate of drug-likeness (QED) is 0.795. The smallest absolute Gasteiger partial charge is 0.225 e. The third-order valence-electron chi connectivity index (χ3n) is 3.69. The summed E-state index contributed by atoms with van der Waals surface area (Å²) >= 11 is 0. The molecule has 1 aliphatic rings. The third kappa shape index (κ3) is 4.13. The molecule has 5 heteroatoms. The van der Waals surface area contributed by atoms with Gasteiger partial charge in [-0.1, -0.05) is 0 Å². The summed E-state index contributed by atoms with van der Waals surface area (Å²) in [5, 5.41) is 9.07. The zero-order valence-corrected chi connectivity index (χ0v) is 11.6. The standard InChI is InChI=1S/C15H22N2O3/c16-13-1-3-14(4-2-13)20-10-7-15(19)17-8-5-12(11-18)6-9-17/h1-4,12,18H,5-11,16H2. The summed E-state index contributed by atoms with van der Waals surface area (Å²) in [5.41, 5.74) is 6.28. The molecule has 20 heavy (non-hydrogen) atoms. The van der Waals surface area contributed by atoms with Crippen molar-refractivity contribution in [1.29, 1.82) is 0 Å². The molecule has 110 valence electrons. The van der Waals surface area contributed by atoms with Gasteiger partial charge in [-0.15, -0.1) is 0 Å². The van der Waals surface area contributed by atoms with Gasteiger partial charge in [-0.3, -0.25) is 4.79 Å². The Morgan fingerprint density at radius 1 is 1.30 bits per heavy atom. The molecule has 1 saturated heterocycles. The molecule has 0 radical (unpaired) electrons. The van der Waals surface area contributed by atoms with E-state index in [1.54, 1.807) is 24.3 Å². The van der Waals surface area contributed by atoms with Crippen LogP contribution in [-0.2, 0) is 4.79 Å². The second-order valence-corrected chi connectivity index (χ2v) is 5.17. The van der Waals surface area contributed by atoms with E-state index in [2.05, 4.69) is 0 Å². The van der Waals surface area contributed by atoms with Gasteiger partial charge >= 0.3 is 0 Å². The lowest BCUT2D eigenvalue weighted by atomic mass is 9.98. The van der Waals surface area contributed by atoms with Gasteiger partial charge in [0.05, 0.1) is 13.0 Å². The lowest BCUT2D eigenvalue weighted by Crippen LogP contribution is -2.39. The molecule has 3 N–H and O–H groups in total. The fourth-order valence-corrected chi connectivity index (χ4v) is 2.34. The van der Waals surface area contributed by atoms with Gasteiger partial charge in [0.2, 0.25) is 5.91 Å². The molecule has 1 aliphatic heterocycles. The van der Waals surface area contributed by atoms with Crippen LogP contribution in [0.5, 0.6) is 5.75 Å². The van der Waals surface area contributed by atoms with E-state index in [0.717, 1.165) is 31.7 Å². The van der Waals surface area contributed by atoms with Crippen LogP contribution >= 0.6 is 0 Å². The Labute approximate surface area is 119 Å². The number of likely N-dealkylation sites (tertiary alicyclic amines) is 1. The number of anilines is 1. The first-order valence-electron chi connectivity index (χ1n) is 7.06. The van der Waals surface area contributed by atoms with Crippen LogP contribution in [0.2, 0.25) is 0 Å². The van der Waals surface area contributed by atoms with Crippen LogP contribution < -0.4 is 10.5 Å². The highest BCUT2D eigenvalue weighted by molar-refractivity contribution is 5.76. The molecule has 0 atom stereocenters. The number of nitrogens with two attached hydrogens (primary N) is 1. The maximum Gasteiger partial charge on any atom is 0.225 e. The Balaban J connectivity index is 1.69. The van der Waals surface area contributed by atoms with E-state index in [9.17, 15) is 4.79 Å². The van der Waals surface area contributed by atoms with E-state index in [4.69, 9.17) is 15.6 Å². The molecule has 1 aromatic carbocycles. The maximum atomic E-state index is 12.0. The molecule has 0 bridgehead atoms. The van der Waals surface area contributed by atoms with Gasteiger partial charge in [0.25, 0.3) is 0 Å². The minimum Gasteiger partial charge on any atom is -0.493 e. The SMILES string of the molecule is Nc1ccc(OCCC(=O)N2CCC(CO)CC2)cc1. The molecule has 0 aliphatic carbocycles. The van der Waals surface area contributed by atoms with Crippen LogP contribution in [0.15, 0.2) is 24.3 Å². The maximum absolute atomic E-state index is 12.0. The Bertz CT molecular complexity index is 425. The first kappa shape index (κ1) is 14.7. The van der Waals surface area contributed by atoms with Gasteiger partial charge in [-0.2, -0.15) is 0 Å². The van der Waals surface area contributed by atoms with E-state index in [1.807, 2.05) is 4.90 Å². The highest BCUT2D eigenvalue weighted by Crippen LogP contribution is 2.17. The summed E-state index contributed by atoms with van der Waals surface area (Å²) in [5.74, 6) is 1.20. The fraction of sp³-hybridized carbons (Fsp3) is 0.533. The van der Waals surface area contributed by atoms with E-state index >= 15 is 0 Å². The first-order valence-corrected chi connectivity index (χ1v) is 7.06. The van der Waals surface area contributed by atoms with Crippen molar-refractivity contribution >= 4 is 11.6 Å². The number of benzene rings is 1. The molecule has 0 unspecified atom stereocenters. The zero-order chi connectivity index (χ0) is 14.4. The molecule has 1 fully saturated rings. The Morgan fingerprint density at radius 3 is 2.55 bits per heavy atom. The lowest BCUT2D eigenvalue weighted by molar-refractivity contribution is -0.133. The Hall–Kier alpha value is -1.75.